The molecule has 0 aromatic heterocycles. The smallest absolute Gasteiger partial charge is 0.319 e. The quantitative estimate of drug-likeness (QED) is 0.198. The number of rotatable bonds is 13. The number of hydrogen-bond acceptors (Lipinski definition) is 7. The monoisotopic (exact) mass is 603 g/mol. The maximum absolute atomic E-state index is 12.9. The number of anilines is 2. The number of nitrogens with zero attached hydrogens (tertiary/aromatic N) is 2. The van der Waals surface area contributed by atoms with Crippen LogP contribution in [0.15, 0.2) is 66.7 Å². The molecular formula is C34H45N5O5. The molecule has 3 aromatic rings. The third-order valence-corrected chi connectivity index (χ3v) is 7.57. The average molecular weight is 604 g/mol. The highest BCUT2D eigenvalue weighted by Crippen LogP contribution is 2.34. The van der Waals surface area contributed by atoms with E-state index in [4.69, 9.17) is 14.2 Å². The number of nitrogens with one attached hydrogen (secondary N) is 3. The highest BCUT2D eigenvalue weighted by atomic mass is 16.5. The highest BCUT2D eigenvalue weighted by Gasteiger charge is 2.21. The Morgan fingerprint density at radius 2 is 1.48 bits per heavy atom. The molecule has 1 aliphatic rings. The number of hydrazine groups is 1. The van der Waals surface area contributed by atoms with Gasteiger partial charge in [0.05, 0.1) is 6.61 Å². The minimum Gasteiger partial charge on any atom is -0.490 e. The summed E-state index contributed by atoms with van der Waals surface area (Å²) in [6.07, 6.45) is 3.84. The zero-order valence-corrected chi connectivity index (χ0v) is 26.4. The number of carbonyl (C=O) groups excluding carboxylic acids is 2. The summed E-state index contributed by atoms with van der Waals surface area (Å²) >= 11 is 0. The van der Waals surface area contributed by atoms with Crippen LogP contribution in [-0.2, 0) is 0 Å². The zero-order chi connectivity index (χ0) is 31.5. The molecule has 4 rings (SSSR count). The summed E-state index contributed by atoms with van der Waals surface area (Å²) < 4.78 is 18.0. The van der Waals surface area contributed by atoms with E-state index in [0.717, 1.165) is 44.5 Å². The van der Waals surface area contributed by atoms with Crippen LogP contribution in [-0.4, -0.2) is 67.9 Å². The molecule has 44 heavy (non-hydrogen) atoms. The normalized spacial score (nSPS) is 13.9. The van der Waals surface area contributed by atoms with E-state index in [1.807, 2.05) is 32.9 Å². The second-order valence-corrected chi connectivity index (χ2v) is 10.9. The van der Waals surface area contributed by atoms with E-state index in [1.165, 1.54) is 0 Å². The predicted molar refractivity (Wildman–Crippen MR) is 174 cm³/mol. The lowest BCUT2D eigenvalue weighted by Crippen LogP contribution is -2.45. The van der Waals surface area contributed by atoms with Crippen LogP contribution in [0.2, 0.25) is 0 Å². The van der Waals surface area contributed by atoms with Gasteiger partial charge in [-0.05, 0) is 93.3 Å². The summed E-state index contributed by atoms with van der Waals surface area (Å²) in [5.74, 6) is 2.16. The van der Waals surface area contributed by atoms with Crippen molar-refractivity contribution >= 4 is 23.3 Å². The maximum atomic E-state index is 12.9. The van der Waals surface area contributed by atoms with Crippen molar-refractivity contribution in [2.45, 2.75) is 58.6 Å². The van der Waals surface area contributed by atoms with E-state index in [1.54, 1.807) is 54.6 Å². The summed E-state index contributed by atoms with van der Waals surface area (Å²) in [5.41, 5.74) is 1.79. The first kappa shape index (κ1) is 32.6. The second-order valence-electron chi connectivity index (χ2n) is 10.9. The van der Waals surface area contributed by atoms with Crippen LogP contribution < -0.4 is 30.2 Å². The van der Waals surface area contributed by atoms with Crippen molar-refractivity contribution in [3.8, 4) is 23.0 Å². The lowest BCUT2D eigenvalue weighted by molar-refractivity contribution is -0.0231. The van der Waals surface area contributed by atoms with Gasteiger partial charge in [0.25, 0.3) is 5.91 Å². The Kier molecular flexibility index (Phi) is 11.8. The lowest BCUT2D eigenvalue weighted by atomic mass is 10.1. The minimum atomic E-state index is -0.256. The van der Waals surface area contributed by atoms with E-state index in [0.29, 0.717) is 40.8 Å². The topological polar surface area (TPSA) is 104 Å². The van der Waals surface area contributed by atoms with Crippen LogP contribution >= 0.6 is 0 Å². The van der Waals surface area contributed by atoms with Crippen LogP contribution in [0.1, 0.15) is 56.8 Å². The Hall–Kier alpha value is -4.28. The fourth-order valence-electron chi connectivity index (χ4n) is 4.96. The molecule has 0 saturated carbocycles. The molecule has 1 aliphatic heterocycles. The van der Waals surface area contributed by atoms with E-state index in [9.17, 15) is 9.59 Å². The van der Waals surface area contributed by atoms with Gasteiger partial charge in [0, 0.05) is 56.2 Å². The van der Waals surface area contributed by atoms with E-state index >= 15 is 0 Å². The Labute approximate surface area is 260 Å². The molecular weight excluding hydrogens is 558 g/mol. The van der Waals surface area contributed by atoms with Crippen LogP contribution in [0.5, 0.6) is 23.0 Å². The van der Waals surface area contributed by atoms with Gasteiger partial charge in [-0.1, -0.05) is 13.8 Å². The summed E-state index contributed by atoms with van der Waals surface area (Å²) in [5, 5.41) is 13.2. The van der Waals surface area contributed by atoms with E-state index < -0.39 is 0 Å². The number of benzene rings is 3. The molecule has 0 unspecified atom stereocenters. The van der Waals surface area contributed by atoms with Gasteiger partial charge in [-0.15, -0.1) is 0 Å². The van der Waals surface area contributed by atoms with Gasteiger partial charge in [-0.2, -0.15) is 0 Å². The SMILES string of the molecule is CCOc1cc(NC(=O)NC(CC)CC)ccc1Oc1ccc(NC(=O)c2ccc(OC3CCN(N(C)C)CC3)cc2)cc1. The molecule has 0 bridgehead atoms. The maximum Gasteiger partial charge on any atom is 0.319 e. The first-order chi connectivity index (χ1) is 21.3. The van der Waals surface area contributed by atoms with E-state index in [2.05, 4.69) is 40.1 Å². The molecule has 1 fully saturated rings. The van der Waals surface area contributed by atoms with Crippen molar-refractivity contribution in [3.05, 3.63) is 72.3 Å². The number of amides is 3. The molecule has 1 heterocycles. The highest BCUT2D eigenvalue weighted by molar-refractivity contribution is 6.04. The van der Waals surface area contributed by atoms with E-state index in [-0.39, 0.29) is 24.1 Å². The fourth-order valence-corrected chi connectivity index (χ4v) is 4.96. The molecule has 236 valence electrons. The Balaban J connectivity index is 1.30. The standard InChI is InChI=1S/C34H45N5O5/c1-6-25(7-2)36-34(41)37-27-13-18-31(32(23-27)42-8-3)44-29-16-11-26(12-17-29)35-33(40)24-9-14-28(15-10-24)43-30-19-21-39(22-20-30)38(4)5/h9-18,23,25,30H,6-8,19-22H2,1-5H3,(H,35,40)(H2,36,37,41). The third-order valence-electron chi connectivity index (χ3n) is 7.57. The molecule has 3 amide bonds. The largest absolute Gasteiger partial charge is 0.490 e. The number of piperidine rings is 1. The summed E-state index contributed by atoms with van der Waals surface area (Å²) in [6, 6.07) is 19.5. The van der Waals surface area contributed by atoms with Crippen molar-refractivity contribution in [3.63, 3.8) is 0 Å². The van der Waals surface area contributed by atoms with Crippen LogP contribution in [0, 0.1) is 0 Å². The molecule has 0 atom stereocenters. The molecule has 0 radical (unpaired) electrons. The molecule has 3 N–H and O–H groups in total. The summed E-state index contributed by atoms with van der Waals surface area (Å²) in [6.45, 7) is 8.35. The lowest BCUT2D eigenvalue weighted by Gasteiger charge is -2.35. The molecule has 3 aromatic carbocycles. The molecule has 10 nitrogen and oxygen atoms in total. The van der Waals surface area contributed by atoms with Crippen molar-refractivity contribution < 1.29 is 23.8 Å². The first-order valence-corrected chi connectivity index (χ1v) is 15.4. The molecule has 1 saturated heterocycles. The van der Waals surface area contributed by atoms with Gasteiger partial charge < -0.3 is 30.2 Å². The van der Waals surface area contributed by atoms with Crippen LogP contribution in [0.3, 0.4) is 0 Å². The van der Waals surface area contributed by atoms with Crippen LogP contribution in [0.4, 0.5) is 16.2 Å². The summed E-state index contributed by atoms with van der Waals surface area (Å²) in [4.78, 5) is 25.2. The molecule has 0 spiro atoms. The van der Waals surface area contributed by atoms with Gasteiger partial charge in [0.15, 0.2) is 11.5 Å². The van der Waals surface area contributed by atoms with Crippen molar-refractivity contribution in [2.24, 2.45) is 0 Å². The number of urea groups is 1. The fraction of sp³-hybridized carbons (Fsp3) is 0.412. The minimum absolute atomic E-state index is 0.124. The zero-order valence-electron chi connectivity index (χ0n) is 26.4. The summed E-state index contributed by atoms with van der Waals surface area (Å²) in [7, 11) is 4.12. The Morgan fingerprint density at radius 1 is 0.841 bits per heavy atom. The molecule has 0 aliphatic carbocycles. The van der Waals surface area contributed by atoms with Crippen molar-refractivity contribution in [2.75, 3.05) is 44.4 Å². The number of ether oxygens (including phenoxy) is 3. The van der Waals surface area contributed by atoms with Gasteiger partial charge >= 0.3 is 6.03 Å². The van der Waals surface area contributed by atoms with Gasteiger partial charge in [-0.25, -0.2) is 14.8 Å². The van der Waals surface area contributed by atoms with Crippen molar-refractivity contribution in [1.82, 2.24) is 15.3 Å². The van der Waals surface area contributed by atoms with Crippen molar-refractivity contribution in [1.29, 1.82) is 0 Å². The van der Waals surface area contributed by atoms with Gasteiger partial charge in [0.2, 0.25) is 0 Å². The first-order valence-electron chi connectivity index (χ1n) is 15.4. The second kappa shape index (κ2) is 16.0. The van der Waals surface area contributed by atoms with Gasteiger partial charge in [0.1, 0.15) is 17.6 Å². The number of carbonyl (C=O) groups is 2. The predicted octanol–water partition coefficient (Wildman–Crippen LogP) is 6.76. The van der Waals surface area contributed by atoms with Crippen LogP contribution in [0.25, 0.3) is 0 Å². The third kappa shape index (κ3) is 9.36. The Morgan fingerprint density at radius 3 is 2.09 bits per heavy atom. The van der Waals surface area contributed by atoms with Gasteiger partial charge in [-0.3, -0.25) is 4.79 Å². The Bertz CT molecular complexity index is 1350. The molecule has 10 heteroatoms. The number of hydrogen-bond donors (Lipinski definition) is 3. The average Bonchev–Trinajstić information content (AvgIpc) is 3.02.